The van der Waals surface area contributed by atoms with Gasteiger partial charge in [-0.15, -0.1) is 0 Å². The molecule has 1 heterocycles. The smallest absolute Gasteiger partial charge is 0.411 e. The summed E-state index contributed by atoms with van der Waals surface area (Å²) >= 11 is 0. The number of carbonyl (C=O) groups excluding carboxylic acids is 2. The third kappa shape index (κ3) is 5.91. The Morgan fingerprint density at radius 3 is 2.62 bits per heavy atom. The molecule has 8 heteroatoms. The minimum Gasteiger partial charge on any atom is -0.466 e. The SMILES string of the molecule is CCOC(=O)C1CCCN(C(=O)C(C)OCC(F)(F)F)C1. The van der Waals surface area contributed by atoms with Crippen LogP contribution in [0.1, 0.15) is 26.7 Å². The average molecular weight is 311 g/mol. The maximum absolute atomic E-state index is 12.1. The molecule has 122 valence electrons. The van der Waals surface area contributed by atoms with Crippen molar-refractivity contribution < 1.29 is 32.2 Å². The van der Waals surface area contributed by atoms with Gasteiger partial charge < -0.3 is 14.4 Å². The maximum Gasteiger partial charge on any atom is 0.411 e. The Bertz CT molecular complexity index is 373. The summed E-state index contributed by atoms with van der Waals surface area (Å²) in [5.41, 5.74) is 0. The lowest BCUT2D eigenvalue weighted by Crippen LogP contribution is -2.47. The molecule has 1 amide bonds. The Morgan fingerprint density at radius 2 is 2.05 bits per heavy atom. The highest BCUT2D eigenvalue weighted by Crippen LogP contribution is 2.20. The van der Waals surface area contributed by atoms with Crippen molar-refractivity contribution in [2.75, 3.05) is 26.3 Å². The number of likely N-dealkylation sites (tertiary alicyclic amines) is 1. The van der Waals surface area contributed by atoms with Crippen molar-refractivity contribution in [2.45, 2.75) is 39.0 Å². The number of nitrogens with zero attached hydrogens (tertiary/aromatic N) is 1. The second-order valence-electron chi connectivity index (χ2n) is 4.94. The summed E-state index contributed by atoms with van der Waals surface area (Å²) in [6, 6.07) is 0. The molecule has 0 N–H and O–H groups in total. The molecule has 1 fully saturated rings. The van der Waals surface area contributed by atoms with Gasteiger partial charge in [-0.1, -0.05) is 0 Å². The Kier molecular flexibility index (Phi) is 6.44. The fourth-order valence-corrected chi connectivity index (χ4v) is 2.18. The second kappa shape index (κ2) is 7.63. The normalized spacial score (nSPS) is 21.0. The molecule has 0 aromatic rings. The van der Waals surface area contributed by atoms with E-state index in [0.717, 1.165) is 0 Å². The molecule has 1 rings (SSSR count). The van der Waals surface area contributed by atoms with Crippen LogP contribution in [0.4, 0.5) is 13.2 Å². The second-order valence-corrected chi connectivity index (χ2v) is 4.94. The van der Waals surface area contributed by atoms with Crippen LogP contribution in [-0.4, -0.2) is 55.4 Å². The van der Waals surface area contributed by atoms with Gasteiger partial charge in [-0.05, 0) is 26.7 Å². The molecule has 0 aromatic heterocycles. The van der Waals surface area contributed by atoms with Crippen molar-refractivity contribution in [2.24, 2.45) is 5.92 Å². The monoisotopic (exact) mass is 311 g/mol. The standard InChI is InChI=1S/C13H20F3NO4/c1-3-20-12(19)10-5-4-6-17(7-10)11(18)9(2)21-8-13(14,15)16/h9-10H,3-8H2,1-2H3. The van der Waals surface area contributed by atoms with E-state index in [1.807, 2.05) is 0 Å². The van der Waals surface area contributed by atoms with Gasteiger partial charge in [0.05, 0.1) is 12.5 Å². The number of carbonyl (C=O) groups is 2. The summed E-state index contributed by atoms with van der Waals surface area (Å²) in [4.78, 5) is 25.0. The molecule has 0 radical (unpaired) electrons. The third-order valence-corrected chi connectivity index (χ3v) is 3.20. The Morgan fingerprint density at radius 1 is 1.38 bits per heavy atom. The van der Waals surface area contributed by atoms with Crippen LogP contribution in [0.2, 0.25) is 0 Å². The van der Waals surface area contributed by atoms with E-state index in [2.05, 4.69) is 4.74 Å². The quantitative estimate of drug-likeness (QED) is 0.726. The maximum atomic E-state index is 12.1. The molecule has 1 saturated heterocycles. The van der Waals surface area contributed by atoms with Crippen LogP contribution < -0.4 is 0 Å². The molecule has 1 aliphatic heterocycles. The summed E-state index contributed by atoms with van der Waals surface area (Å²) in [6.45, 7) is 2.34. The van der Waals surface area contributed by atoms with E-state index < -0.39 is 30.7 Å². The van der Waals surface area contributed by atoms with Crippen LogP contribution in [0.15, 0.2) is 0 Å². The van der Waals surface area contributed by atoms with Gasteiger partial charge in [0.25, 0.3) is 5.91 Å². The van der Waals surface area contributed by atoms with Crippen molar-refractivity contribution in [1.82, 2.24) is 4.90 Å². The summed E-state index contributed by atoms with van der Waals surface area (Å²) in [5, 5.41) is 0. The average Bonchev–Trinajstić information content (AvgIpc) is 2.43. The third-order valence-electron chi connectivity index (χ3n) is 3.20. The molecule has 0 spiro atoms. The minimum absolute atomic E-state index is 0.164. The number of ether oxygens (including phenoxy) is 2. The number of alkyl halides is 3. The van der Waals surface area contributed by atoms with Crippen LogP contribution in [0.3, 0.4) is 0 Å². The number of piperidine rings is 1. The molecule has 1 aliphatic rings. The first kappa shape index (κ1) is 17.7. The predicted molar refractivity (Wildman–Crippen MR) is 67.4 cm³/mol. The molecule has 0 aliphatic carbocycles. The van der Waals surface area contributed by atoms with Gasteiger partial charge in [0, 0.05) is 13.1 Å². The van der Waals surface area contributed by atoms with Gasteiger partial charge in [0.1, 0.15) is 12.7 Å². The fraction of sp³-hybridized carbons (Fsp3) is 0.846. The molecule has 0 bridgehead atoms. The van der Waals surface area contributed by atoms with Crippen LogP contribution >= 0.6 is 0 Å². The number of amides is 1. The van der Waals surface area contributed by atoms with Crippen LogP contribution in [-0.2, 0) is 19.1 Å². The number of esters is 1. The van der Waals surface area contributed by atoms with Gasteiger partial charge in [0.2, 0.25) is 0 Å². The molecule has 2 unspecified atom stereocenters. The minimum atomic E-state index is -4.47. The van der Waals surface area contributed by atoms with Crippen LogP contribution in [0.5, 0.6) is 0 Å². The molecule has 2 atom stereocenters. The Balaban J connectivity index is 2.51. The first-order chi connectivity index (χ1) is 9.74. The van der Waals surface area contributed by atoms with Crippen LogP contribution in [0.25, 0.3) is 0 Å². The number of hydrogen-bond donors (Lipinski definition) is 0. The molecular weight excluding hydrogens is 291 g/mol. The van der Waals surface area contributed by atoms with E-state index in [4.69, 9.17) is 4.74 Å². The van der Waals surface area contributed by atoms with Gasteiger partial charge in [-0.25, -0.2) is 0 Å². The van der Waals surface area contributed by atoms with Crippen molar-refractivity contribution in [1.29, 1.82) is 0 Å². The lowest BCUT2D eigenvalue weighted by atomic mass is 9.98. The fourth-order valence-electron chi connectivity index (χ4n) is 2.18. The van der Waals surface area contributed by atoms with E-state index in [1.165, 1.54) is 11.8 Å². The van der Waals surface area contributed by atoms with Gasteiger partial charge in [-0.3, -0.25) is 9.59 Å². The van der Waals surface area contributed by atoms with Crippen LogP contribution in [0, 0.1) is 5.92 Å². The topological polar surface area (TPSA) is 55.8 Å². The highest BCUT2D eigenvalue weighted by molar-refractivity contribution is 5.81. The zero-order valence-electron chi connectivity index (χ0n) is 12.1. The largest absolute Gasteiger partial charge is 0.466 e. The number of rotatable bonds is 5. The highest BCUT2D eigenvalue weighted by atomic mass is 19.4. The van der Waals surface area contributed by atoms with E-state index >= 15 is 0 Å². The first-order valence-electron chi connectivity index (χ1n) is 6.88. The van der Waals surface area contributed by atoms with Gasteiger partial charge in [-0.2, -0.15) is 13.2 Å². The molecule has 0 saturated carbocycles. The van der Waals surface area contributed by atoms with Crippen molar-refractivity contribution in [3.05, 3.63) is 0 Å². The zero-order chi connectivity index (χ0) is 16.0. The van der Waals surface area contributed by atoms with Crippen molar-refractivity contribution in [3.63, 3.8) is 0 Å². The Hall–Kier alpha value is -1.31. The zero-order valence-corrected chi connectivity index (χ0v) is 12.1. The Labute approximate surface area is 121 Å². The van der Waals surface area contributed by atoms with E-state index in [9.17, 15) is 22.8 Å². The summed E-state index contributed by atoms with van der Waals surface area (Å²) in [6.07, 6.45) is -4.43. The first-order valence-corrected chi connectivity index (χ1v) is 6.88. The molecular formula is C13H20F3NO4. The van der Waals surface area contributed by atoms with E-state index in [1.54, 1.807) is 6.92 Å². The number of hydrogen-bond acceptors (Lipinski definition) is 4. The van der Waals surface area contributed by atoms with Crippen molar-refractivity contribution in [3.8, 4) is 0 Å². The number of halogens is 3. The molecule has 0 aromatic carbocycles. The summed E-state index contributed by atoms with van der Waals surface area (Å²) < 4.78 is 45.6. The summed E-state index contributed by atoms with van der Waals surface area (Å²) in [5.74, 6) is -1.33. The molecule has 21 heavy (non-hydrogen) atoms. The predicted octanol–water partition coefficient (Wildman–Crippen LogP) is 1.76. The van der Waals surface area contributed by atoms with Crippen molar-refractivity contribution >= 4 is 11.9 Å². The van der Waals surface area contributed by atoms with Gasteiger partial charge >= 0.3 is 12.1 Å². The summed E-state index contributed by atoms with van der Waals surface area (Å²) in [7, 11) is 0. The lowest BCUT2D eigenvalue weighted by Gasteiger charge is -2.33. The van der Waals surface area contributed by atoms with E-state index in [0.29, 0.717) is 19.4 Å². The highest BCUT2D eigenvalue weighted by Gasteiger charge is 2.34. The molecule has 5 nitrogen and oxygen atoms in total. The van der Waals surface area contributed by atoms with Gasteiger partial charge in [0.15, 0.2) is 0 Å². The lowest BCUT2D eigenvalue weighted by molar-refractivity contribution is -0.189. The van der Waals surface area contributed by atoms with E-state index in [-0.39, 0.29) is 19.1 Å².